The van der Waals surface area contributed by atoms with Gasteiger partial charge in [-0.2, -0.15) is 0 Å². The molecule has 1 aromatic carbocycles. The van der Waals surface area contributed by atoms with Gasteiger partial charge in [-0.15, -0.1) is 0 Å². The maximum absolute atomic E-state index is 13.5. The number of amides is 1. The molecule has 2 N–H and O–H groups in total. The van der Waals surface area contributed by atoms with Crippen LogP contribution in [0.2, 0.25) is 0 Å². The van der Waals surface area contributed by atoms with Crippen molar-refractivity contribution in [1.82, 2.24) is 5.32 Å². The van der Waals surface area contributed by atoms with Gasteiger partial charge in [0.1, 0.15) is 5.82 Å². The van der Waals surface area contributed by atoms with Crippen molar-refractivity contribution in [3.63, 3.8) is 0 Å². The summed E-state index contributed by atoms with van der Waals surface area (Å²) in [6.07, 6.45) is 3.43. The van der Waals surface area contributed by atoms with Crippen molar-refractivity contribution in [3.05, 3.63) is 34.1 Å². The van der Waals surface area contributed by atoms with Crippen LogP contribution < -0.4 is 5.32 Å². The fourth-order valence-electron chi connectivity index (χ4n) is 2.42. The first-order valence-electron chi connectivity index (χ1n) is 6.49. The van der Waals surface area contributed by atoms with Crippen LogP contribution >= 0.6 is 15.9 Å². The van der Waals surface area contributed by atoms with Crippen molar-refractivity contribution in [2.75, 3.05) is 6.54 Å². The summed E-state index contributed by atoms with van der Waals surface area (Å²) in [5.41, 5.74) is 0.0275. The number of rotatable bonds is 3. The highest BCUT2D eigenvalue weighted by Crippen LogP contribution is 2.24. The quantitative estimate of drug-likeness (QED) is 0.895. The molecule has 0 radical (unpaired) electrons. The molecule has 2 unspecified atom stereocenters. The molecule has 3 nitrogen and oxygen atoms in total. The third-order valence-electron chi connectivity index (χ3n) is 3.57. The van der Waals surface area contributed by atoms with E-state index in [-0.39, 0.29) is 17.6 Å². The largest absolute Gasteiger partial charge is 0.393 e. The molecule has 1 amide bonds. The zero-order valence-corrected chi connectivity index (χ0v) is 12.1. The van der Waals surface area contributed by atoms with Crippen molar-refractivity contribution >= 4 is 21.8 Å². The fraction of sp³-hybridized carbons (Fsp3) is 0.500. The lowest BCUT2D eigenvalue weighted by Gasteiger charge is -2.27. The second kappa shape index (κ2) is 6.48. The first-order valence-corrected chi connectivity index (χ1v) is 7.28. The Bertz CT molecular complexity index is 467. The molecule has 1 aliphatic carbocycles. The van der Waals surface area contributed by atoms with Crippen molar-refractivity contribution in [1.29, 1.82) is 0 Å². The molecular weight excluding hydrogens is 313 g/mol. The molecule has 1 fully saturated rings. The lowest BCUT2D eigenvalue weighted by atomic mass is 9.86. The molecule has 104 valence electrons. The molecule has 2 atom stereocenters. The molecule has 1 aromatic rings. The Morgan fingerprint density at radius 3 is 2.89 bits per heavy atom. The maximum Gasteiger partial charge on any atom is 0.254 e. The van der Waals surface area contributed by atoms with E-state index in [1.807, 2.05) is 0 Å². The Balaban J connectivity index is 1.95. The predicted molar refractivity (Wildman–Crippen MR) is 74.4 cm³/mol. The Labute approximate surface area is 120 Å². The van der Waals surface area contributed by atoms with Crippen LogP contribution in [0.5, 0.6) is 0 Å². The van der Waals surface area contributed by atoms with Crippen LogP contribution in [0.15, 0.2) is 22.7 Å². The molecule has 0 saturated heterocycles. The van der Waals surface area contributed by atoms with Crippen LogP contribution in [0.3, 0.4) is 0 Å². The van der Waals surface area contributed by atoms with Crippen LogP contribution in [0, 0.1) is 11.7 Å². The third-order valence-corrected chi connectivity index (χ3v) is 4.06. The van der Waals surface area contributed by atoms with E-state index >= 15 is 0 Å². The van der Waals surface area contributed by atoms with Crippen LogP contribution in [-0.2, 0) is 0 Å². The number of aliphatic hydroxyl groups is 1. The molecule has 0 heterocycles. The minimum atomic E-state index is -0.537. The first-order chi connectivity index (χ1) is 9.08. The molecule has 0 bridgehead atoms. The highest BCUT2D eigenvalue weighted by Gasteiger charge is 2.23. The number of benzene rings is 1. The molecular formula is C14H17BrFNO2. The number of nitrogens with one attached hydrogen (secondary N) is 1. The van der Waals surface area contributed by atoms with E-state index in [9.17, 15) is 14.3 Å². The van der Waals surface area contributed by atoms with Gasteiger partial charge in [0.2, 0.25) is 0 Å². The van der Waals surface area contributed by atoms with E-state index in [0.717, 1.165) is 25.7 Å². The SMILES string of the molecule is O=C(NCC1CCCCC1O)c1cc(Br)ccc1F. The van der Waals surface area contributed by atoms with Crippen molar-refractivity contribution in [2.45, 2.75) is 31.8 Å². The lowest BCUT2D eigenvalue weighted by Crippen LogP contribution is -2.36. The zero-order valence-electron chi connectivity index (χ0n) is 10.5. The third kappa shape index (κ3) is 3.76. The molecule has 1 aliphatic rings. The first kappa shape index (κ1) is 14.5. The van der Waals surface area contributed by atoms with Gasteiger partial charge in [-0.3, -0.25) is 4.79 Å². The van der Waals surface area contributed by atoms with E-state index in [2.05, 4.69) is 21.2 Å². The van der Waals surface area contributed by atoms with Gasteiger partial charge in [0, 0.05) is 16.9 Å². The molecule has 5 heteroatoms. The lowest BCUT2D eigenvalue weighted by molar-refractivity contribution is 0.0662. The Morgan fingerprint density at radius 2 is 2.16 bits per heavy atom. The minimum absolute atomic E-state index is 0.0275. The Morgan fingerprint density at radius 1 is 1.42 bits per heavy atom. The average molecular weight is 330 g/mol. The van der Waals surface area contributed by atoms with E-state index in [1.165, 1.54) is 12.1 Å². The second-order valence-electron chi connectivity index (χ2n) is 4.95. The number of halogens is 2. The number of hydrogen-bond donors (Lipinski definition) is 2. The fourth-order valence-corrected chi connectivity index (χ4v) is 2.78. The molecule has 19 heavy (non-hydrogen) atoms. The number of aliphatic hydroxyl groups excluding tert-OH is 1. The standard InChI is InChI=1S/C14H17BrFNO2/c15-10-5-6-12(16)11(7-10)14(19)17-8-9-3-1-2-4-13(9)18/h5-7,9,13,18H,1-4,8H2,(H,17,19). The van der Waals surface area contributed by atoms with Gasteiger partial charge in [0.25, 0.3) is 5.91 Å². The number of carbonyl (C=O) groups is 1. The highest BCUT2D eigenvalue weighted by molar-refractivity contribution is 9.10. The maximum atomic E-state index is 13.5. The Kier molecular flexibility index (Phi) is 4.93. The van der Waals surface area contributed by atoms with Crippen molar-refractivity contribution in [2.24, 2.45) is 5.92 Å². The van der Waals surface area contributed by atoms with E-state index in [4.69, 9.17) is 0 Å². The molecule has 2 rings (SSSR count). The Hall–Kier alpha value is -0.940. The van der Waals surface area contributed by atoms with Crippen molar-refractivity contribution < 1.29 is 14.3 Å². The van der Waals surface area contributed by atoms with Gasteiger partial charge >= 0.3 is 0 Å². The second-order valence-corrected chi connectivity index (χ2v) is 5.86. The predicted octanol–water partition coefficient (Wildman–Crippen LogP) is 2.87. The van der Waals surface area contributed by atoms with E-state index in [0.29, 0.717) is 11.0 Å². The summed E-state index contributed by atoms with van der Waals surface area (Å²) in [5.74, 6) is -0.894. The topological polar surface area (TPSA) is 49.3 Å². The summed E-state index contributed by atoms with van der Waals surface area (Å²) in [4.78, 5) is 11.9. The molecule has 0 spiro atoms. The average Bonchev–Trinajstić information content (AvgIpc) is 2.40. The minimum Gasteiger partial charge on any atom is -0.393 e. The van der Waals surface area contributed by atoms with Gasteiger partial charge < -0.3 is 10.4 Å². The molecule has 1 saturated carbocycles. The summed E-state index contributed by atoms with van der Waals surface area (Å²) in [6, 6.07) is 4.27. The van der Waals surface area contributed by atoms with Crippen LogP contribution in [-0.4, -0.2) is 23.7 Å². The zero-order chi connectivity index (χ0) is 13.8. The summed E-state index contributed by atoms with van der Waals surface area (Å²) in [5, 5.41) is 12.5. The molecule has 0 aliphatic heterocycles. The van der Waals surface area contributed by atoms with Gasteiger partial charge in [-0.1, -0.05) is 28.8 Å². The van der Waals surface area contributed by atoms with Gasteiger partial charge in [-0.25, -0.2) is 4.39 Å². The van der Waals surface area contributed by atoms with Crippen LogP contribution in [0.25, 0.3) is 0 Å². The normalized spacial score (nSPS) is 23.1. The van der Waals surface area contributed by atoms with Gasteiger partial charge in [-0.05, 0) is 31.0 Å². The van der Waals surface area contributed by atoms with E-state index in [1.54, 1.807) is 6.07 Å². The van der Waals surface area contributed by atoms with E-state index < -0.39 is 11.7 Å². The number of hydrogen-bond acceptors (Lipinski definition) is 2. The summed E-state index contributed by atoms with van der Waals surface area (Å²) in [6.45, 7) is 0.395. The van der Waals surface area contributed by atoms with Gasteiger partial charge in [0.15, 0.2) is 0 Å². The van der Waals surface area contributed by atoms with Gasteiger partial charge in [0.05, 0.1) is 11.7 Å². The number of carbonyl (C=O) groups excluding carboxylic acids is 1. The monoisotopic (exact) mass is 329 g/mol. The smallest absolute Gasteiger partial charge is 0.254 e. The summed E-state index contributed by atoms with van der Waals surface area (Å²) < 4.78 is 14.2. The van der Waals surface area contributed by atoms with Crippen molar-refractivity contribution in [3.8, 4) is 0 Å². The van der Waals surface area contributed by atoms with Crippen LogP contribution in [0.4, 0.5) is 4.39 Å². The summed E-state index contributed by atoms with van der Waals surface area (Å²) >= 11 is 3.22. The van der Waals surface area contributed by atoms with Crippen LogP contribution in [0.1, 0.15) is 36.0 Å². The highest BCUT2D eigenvalue weighted by atomic mass is 79.9. The molecule has 0 aromatic heterocycles. The summed E-state index contributed by atoms with van der Waals surface area (Å²) in [7, 11) is 0.